The molecule has 0 aliphatic carbocycles. The van der Waals surface area contributed by atoms with E-state index >= 15 is 0 Å². The van der Waals surface area contributed by atoms with E-state index < -0.39 is 0 Å². The van der Waals surface area contributed by atoms with Crippen molar-refractivity contribution < 1.29 is 9.90 Å². The monoisotopic (exact) mass is 247 g/mol. The van der Waals surface area contributed by atoms with Gasteiger partial charge in [0.2, 0.25) is 0 Å². The van der Waals surface area contributed by atoms with E-state index in [0.29, 0.717) is 18.6 Å². The Hall–Kier alpha value is -1.19. The maximum Gasteiger partial charge on any atom is 0.137 e. The molecule has 1 atom stereocenters. The first-order valence-corrected chi connectivity index (χ1v) is 6.69. The van der Waals surface area contributed by atoms with Gasteiger partial charge in [-0.2, -0.15) is 0 Å². The molecule has 2 rings (SSSR count). The minimum absolute atomic E-state index is 0.0655. The van der Waals surface area contributed by atoms with Gasteiger partial charge in [0.1, 0.15) is 5.78 Å². The first kappa shape index (κ1) is 13.2. The number of nitrogens with zero attached hydrogens (tertiary/aromatic N) is 1. The molecule has 1 aromatic carbocycles. The summed E-state index contributed by atoms with van der Waals surface area (Å²) >= 11 is 0. The third-order valence-electron chi connectivity index (χ3n) is 3.65. The molecule has 1 heterocycles. The number of ketones is 1. The van der Waals surface area contributed by atoms with E-state index in [1.807, 2.05) is 18.2 Å². The summed E-state index contributed by atoms with van der Waals surface area (Å²) in [6, 6.07) is 10.4. The SMILES string of the molecule is O=C1CCN(Cc2ccccc2)CCC1CCO. The van der Waals surface area contributed by atoms with Crippen LogP contribution in [0.2, 0.25) is 0 Å². The topological polar surface area (TPSA) is 40.5 Å². The van der Waals surface area contributed by atoms with Crippen molar-refractivity contribution in [1.29, 1.82) is 0 Å². The molecule has 3 heteroatoms. The minimum Gasteiger partial charge on any atom is -0.396 e. The Balaban J connectivity index is 1.90. The van der Waals surface area contributed by atoms with Gasteiger partial charge in [0.15, 0.2) is 0 Å². The first-order valence-electron chi connectivity index (χ1n) is 6.69. The lowest BCUT2D eigenvalue weighted by Gasteiger charge is -2.19. The maximum atomic E-state index is 11.9. The van der Waals surface area contributed by atoms with Gasteiger partial charge in [0, 0.05) is 32.0 Å². The van der Waals surface area contributed by atoms with Crippen LogP contribution in [0.15, 0.2) is 30.3 Å². The average Bonchev–Trinajstić information content (AvgIpc) is 2.56. The van der Waals surface area contributed by atoms with Crippen LogP contribution in [0.5, 0.6) is 0 Å². The Kier molecular flexibility index (Phi) is 4.90. The number of rotatable bonds is 4. The van der Waals surface area contributed by atoms with E-state index in [4.69, 9.17) is 5.11 Å². The summed E-state index contributed by atoms with van der Waals surface area (Å²) < 4.78 is 0. The Bertz CT molecular complexity index is 377. The summed E-state index contributed by atoms with van der Waals surface area (Å²) in [7, 11) is 0. The van der Waals surface area contributed by atoms with Crippen LogP contribution in [0.4, 0.5) is 0 Å². The first-order chi connectivity index (χ1) is 8.79. The number of aliphatic hydroxyl groups is 1. The van der Waals surface area contributed by atoms with Crippen LogP contribution >= 0.6 is 0 Å². The van der Waals surface area contributed by atoms with Gasteiger partial charge >= 0.3 is 0 Å². The molecule has 18 heavy (non-hydrogen) atoms. The van der Waals surface area contributed by atoms with Gasteiger partial charge in [0.25, 0.3) is 0 Å². The molecule has 0 radical (unpaired) electrons. The van der Waals surface area contributed by atoms with Crippen LogP contribution in [0.1, 0.15) is 24.8 Å². The largest absolute Gasteiger partial charge is 0.396 e. The zero-order valence-corrected chi connectivity index (χ0v) is 10.7. The summed E-state index contributed by atoms with van der Waals surface area (Å²) in [4.78, 5) is 14.2. The molecule has 1 aromatic rings. The molecule has 1 unspecified atom stereocenters. The Morgan fingerprint density at radius 3 is 2.72 bits per heavy atom. The quantitative estimate of drug-likeness (QED) is 0.882. The van der Waals surface area contributed by atoms with E-state index in [1.54, 1.807) is 0 Å². The smallest absolute Gasteiger partial charge is 0.137 e. The molecule has 3 nitrogen and oxygen atoms in total. The summed E-state index contributed by atoms with van der Waals surface area (Å²) in [6.07, 6.45) is 2.13. The number of carbonyl (C=O) groups excluding carboxylic acids is 1. The van der Waals surface area contributed by atoms with Crippen molar-refractivity contribution in [3.05, 3.63) is 35.9 Å². The molecule has 1 aliphatic heterocycles. The minimum atomic E-state index is 0.0655. The predicted octanol–water partition coefficient (Wildman–Crippen LogP) is 1.85. The molecule has 0 aromatic heterocycles. The van der Waals surface area contributed by atoms with E-state index in [-0.39, 0.29) is 12.5 Å². The summed E-state index contributed by atoms with van der Waals surface area (Å²) in [5.74, 6) is 0.385. The van der Waals surface area contributed by atoms with Gasteiger partial charge in [-0.3, -0.25) is 9.69 Å². The second-order valence-electron chi connectivity index (χ2n) is 4.98. The Morgan fingerprint density at radius 2 is 2.00 bits per heavy atom. The summed E-state index contributed by atoms with van der Waals surface area (Å²) in [5, 5.41) is 8.96. The highest BCUT2D eigenvalue weighted by Crippen LogP contribution is 2.18. The predicted molar refractivity (Wildman–Crippen MR) is 71.2 cm³/mol. The van der Waals surface area contributed by atoms with Crippen LogP contribution in [0.25, 0.3) is 0 Å². The molecule has 0 bridgehead atoms. The molecule has 1 aliphatic rings. The van der Waals surface area contributed by atoms with Gasteiger partial charge in [-0.25, -0.2) is 0 Å². The normalized spacial score (nSPS) is 21.8. The van der Waals surface area contributed by atoms with Crippen molar-refractivity contribution in [3.8, 4) is 0 Å². The van der Waals surface area contributed by atoms with Crippen molar-refractivity contribution >= 4 is 5.78 Å². The number of likely N-dealkylation sites (tertiary alicyclic amines) is 1. The number of hydrogen-bond donors (Lipinski definition) is 1. The number of Topliss-reactive ketones (excluding diaryl/α,β-unsaturated/α-hetero) is 1. The van der Waals surface area contributed by atoms with Gasteiger partial charge in [0.05, 0.1) is 0 Å². The molecular weight excluding hydrogens is 226 g/mol. The number of benzene rings is 1. The highest BCUT2D eigenvalue weighted by Gasteiger charge is 2.23. The number of hydrogen-bond acceptors (Lipinski definition) is 3. The average molecular weight is 247 g/mol. The van der Waals surface area contributed by atoms with Crippen LogP contribution in [-0.2, 0) is 11.3 Å². The van der Waals surface area contributed by atoms with E-state index in [1.165, 1.54) is 5.56 Å². The summed E-state index contributed by atoms with van der Waals surface area (Å²) in [6.45, 7) is 2.83. The number of carbonyl (C=O) groups is 1. The van der Waals surface area contributed by atoms with Crippen molar-refractivity contribution in [3.63, 3.8) is 0 Å². The molecule has 1 fully saturated rings. The van der Waals surface area contributed by atoms with Crippen molar-refractivity contribution in [2.24, 2.45) is 5.92 Å². The van der Waals surface area contributed by atoms with Crippen molar-refractivity contribution in [2.45, 2.75) is 25.8 Å². The lowest BCUT2D eigenvalue weighted by atomic mass is 9.96. The van der Waals surface area contributed by atoms with Crippen LogP contribution < -0.4 is 0 Å². The van der Waals surface area contributed by atoms with Crippen molar-refractivity contribution in [2.75, 3.05) is 19.7 Å². The molecule has 0 saturated carbocycles. The second-order valence-corrected chi connectivity index (χ2v) is 4.98. The van der Waals surface area contributed by atoms with E-state index in [0.717, 1.165) is 26.1 Å². The maximum absolute atomic E-state index is 11.9. The number of aliphatic hydroxyl groups excluding tert-OH is 1. The van der Waals surface area contributed by atoms with Gasteiger partial charge in [-0.15, -0.1) is 0 Å². The molecule has 1 N–H and O–H groups in total. The zero-order valence-electron chi connectivity index (χ0n) is 10.7. The van der Waals surface area contributed by atoms with Gasteiger partial charge in [-0.05, 0) is 24.9 Å². The Morgan fingerprint density at radius 1 is 1.22 bits per heavy atom. The van der Waals surface area contributed by atoms with E-state index in [9.17, 15) is 4.79 Å². The zero-order chi connectivity index (χ0) is 12.8. The molecular formula is C15H21NO2. The fourth-order valence-electron chi connectivity index (χ4n) is 2.54. The lowest BCUT2D eigenvalue weighted by Crippen LogP contribution is -2.24. The fourth-order valence-corrected chi connectivity index (χ4v) is 2.54. The van der Waals surface area contributed by atoms with E-state index in [2.05, 4.69) is 17.0 Å². The molecule has 98 valence electrons. The van der Waals surface area contributed by atoms with Crippen LogP contribution in [-0.4, -0.2) is 35.5 Å². The molecule has 1 saturated heterocycles. The van der Waals surface area contributed by atoms with Crippen LogP contribution in [0, 0.1) is 5.92 Å². The van der Waals surface area contributed by atoms with Gasteiger partial charge in [-0.1, -0.05) is 30.3 Å². The van der Waals surface area contributed by atoms with Gasteiger partial charge < -0.3 is 5.11 Å². The van der Waals surface area contributed by atoms with Crippen molar-refractivity contribution in [1.82, 2.24) is 4.90 Å². The molecule has 0 amide bonds. The van der Waals surface area contributed by atoms with Crippen LogP contribution in [0.3, 0.4) is 0 Å². The fraction of sp³-hybridized carbons (Fsp3) is 0.533. The standard InChI is InChI=1S/C15H21NO2/c17-11-8-14-6-9-16(10-7-15(14)18)12-13-4-2-1-3-5-13/h1-5,14,17H,6-12H2. The lowest BCUT2D eigenvalue weighted by molar-refractivity contribution is -0.123. The summed E-state index contributed by atoms with van der Waals surface area (Å²) in [5.41, 5.74) is 1.30. The Labute approximate surface area is 108 Å². The molecule has 0 spiro atoms. The third-order valence-corrected chi connectivity index (χ3v) is 3.65. The second kappa shape index (κ2) is 6.66. The third kappa shape index (κ3) is 3.65. The highest BCUT2D eigenvalue weighted by atomic mass is 16.3. The highest BCUT2D eigenvalue weighted by molar-refractivity contribution is 5.81.